The molecule has 2 aromatic rings. The second kappa shape index (κ2) is 4.02. The molecule has 0 saturated heterocycles. The number of sulfonamides is 1. The quantitative estimate of drug-likeness (QED) is 0.827. The van der Waals surface area contributed by atoms with Crippen LogP contribution >= 0.6 is 11.5 Å². The third-order valence-corrected chi connectivity index (χ3v) is 3.70. The number of nitrogens with one attached hydrogen (secondary N) is 1. The van der Waals surface area contributed by atoms with Crippen LogP contribution in [0.4, 0.5) is 5.13 Å². The van der Waals surface area contributed by atoms with E-state index in [1.807, 2.05) is 0 Å². The van der Waals surface area contributed by atoms with Gasteiger partial charge < -0.3 is 5.11 Å². The molecular formula is C7H6N4O3S2. The molecule has 7 nitrogen and oxygen atoms in total. The molecular weight excluding hydrogens is 252 g/mol. The smallest absolute Gasteiger partial charge is 0.267 e. The number of aromatic nitrogens is 3. The van der Waals surface area contributed by atoms with Gasteiger partial charge in [0.15, 0.2) is 0 Å². The second-order valence-electron chi connectivity index (χ2n) is 2.74. The lowest BCUT2D eigenvalue weighted by molar-refractivity contribution is 0.459. The summed E-state index contributed by atoms with van der Waals surface area (Å²) < 4.78 is 29.1. The van der Waals surface area contributed by atoms with Crippen molar-refractivity contribution in [3.05, 3.63) is 24.3 Å². The minimum Gasteiger partial charge on any atom is -0.507 e. The number of aromatic hydroxyl groups is 1. The van der Waals surface area contributed by atoms with Gasteiger partial charge in [-0.05, 0) is 17.3 Å². The summed E-state index contributed by atoms with van der Waals surface area (Å²) in [6.07, 6.45) is 0. The fourth-order valence-electron chi connectivity index (χ4n) is 1.03. The first kappa shape index (κ1) is 10.8. The van der Waals surface area contributed by atoms with Crippen molar-refractivity contribution in [1.29, 1.82) is 0 Å². The van der Waals surface area contributed by atoms with Crippen LogP contribution in [0.2, 0.25) is 0 Å². The number of rotatable bonds is 3. The van der Waals surface area contributed by atoms with E-state index in [-0.39, 0.29) is 15.8 Å². The molecule has 2 rings (SSSR count). The summed E-state index contributed by atoms with van der Waals surface area (Å²) in [7, 11) is -3.85. The molecule has 16 heavy (non-hydrogen) atoms. The van der Waals surface area contributed by atoms with Gasteiger partial charge in [0.05, 0.1) is 0 Å². The molecule has 0 bridgehead atoms. The number of phenolic OH excluding ortho intramolecular Hbond substituents is 1. The molecule has 1 heterocycles. The van der Waals surface area contributed by atoms with E-state index in [4.69, 9.17) is 0 Å². The molecule has 0 spiro atoms. The SMILES string of the molecule is O=S(=O)(Nc1nnns1)c1ccccc1O. The molecule has 0 unspecified atom stereocenters. The van der Waals surface area contributed by atoms with Crippen LogP contribution in [0.1, 0.15) is 0 Å². The zero-order valence-electron chi connectivity index (χ0n) is 7.73. The second-order valence-corrected chi connectivity index (χ2v) is 5.12. The number of anilines is 1. The Hall–Kier alpha value is -1.74. The van der Waals surface area contributed by atoms with E-state index >= 15 is 0 Å². The number of phenols is 1. The fourth-order valence-corrected chi connectivity index (χ4v) is 2.71. The summed E-state index contributed by atoms with van der Waals surface area (Å²) >= 11 is 0.806. The first-order valence-corrected chi connectivity index (χ1v) is 6.31. The van der Waals surface area contributed by atoms with Crippen molar-refractivity contribution >= 4 is 26.7 Å². The highest BCUT2D eigenvalue weighted by molar-refractivity contribution is 7.93. The van der Waals surface area contributed by atoms with Crippen LogP contribution in [0.3, 0.4) is 0 Å². The number of benzene rings is 1. The zero-order chi connectivity index (χ0) is 11.6. The highest BCUT2D eigenvalue weighted by Gasteiger charge is 2.19. The lowest BCUT2D eigenvalue weighted by Crippen LogP contribution is -2.12. The van der Waals surface area contributed by atoms with Gasteiger partial charge in [0, 0.05) is 11.5 Å². The Kier molecular flexibility index (Phi) is 2.71. The monoisotopic (exact) mass is 258 g/mol. The Morgan fingerprint density at radius 2 is 2.06 bits per heavy atom. The van der Waals surface area contributed by atoms with E-state index in [2.05, 4.69) is 19.5 Å². The predicted molar refractivity (Wildman–Crippen MR) is 56.6 cm³/mol. The molecule has 2 N–H and O–H groups in total. The van der Waals surface area contributed by atoms with E-state index < -0.39 is 10.0 Å². The van der Waals surface area contributed by atoms with Crippen molar-refractivity contribution in [2.75, 3.05) is 4.72 Å². The Balaban J connectivity index is 2.37. The lowest BCUT2D eigenvalue weighted by Gasteiger charge is -2.05. The standard InChI is InChI=1S/C7H6N4O3S2/c12-5-3-1-2-4-6(5)16(13,14)9-7-8-10-11-15-7/h1-4,12H,(H,8,9,11). The minimum absolute atomic E-state index is 0.0447. The van der Waals surface area contributed by atoms with Gasteiger partial charge in [-0.3, -0.25) is 4.72 Å². The van der Waals surface area contributed by atoms with Gasteiger partial charge in [-0.2, -0.15) is 0 Å². The van der Waals surface area contributed by atoms with Crippen molar-refractivity contribution < 1.29 is 13.5 Å². The highest BCUT2D eigenvalue weighted by Crippen LogP contribution is 2.23. The van der Waals surface area contributed by atoms with Crippen LogP contribution < -0.4 is 4.72 Å². The summed E-state index contributed by atoms with van der Waals surface area (Å²) in [5.74, 6) is -0.326. The molecule has 0 aliphatic rings. The summed E-state index contributed by atoms with van der Waals surface area (Å²) in [5, 5.41) is 16.1. The summed E-state index contributed by atoms with van der Waals surface area (Å²) in [6.45, 7) is 0. The van der Waals surface area contributed by atoms with Gasteiger partial charge in [0.25, 0.3) is 10.0 Å². The lowest BCUT2D eigenvalue weighted by atomic mass is 10.3. The van der Waals surface area contributed by atoms with Crippen molar-refractivity contribution in [3.63, 3.8) is 0 Å². The third kappa shape index (κ3) is 2.09. The van der Waals surface area contributed by atoms with E-state index in [1.165, 1.54) is 24.3 Å². The molecule has 0 atom stereocenters. The largest absolute Gasteiger partial charge is 0.507 e. The summed E-state index contributed by atoms with van der Waals surface area (Å²) in [4.78, 5) is -0.217. The molecule has 9 heteroatoms. The number of hydrogen-bond donors (Lipinski definition) is 2. The van der Waals surface area contributed by atoms with Gasteiger partial charge in [0.2, 0.25) is 5.13 Å². The van der Waals surface area contributed by atoms with Crippen molar-refractivity contribution in [2.24, 2.45) is 0 Å². The van der Waals surface area contributed by atoms with Crippen LogP contribution in [0.5, 0.6) is 5.75 Å². The Morgan fingerprint density at radius 1 is 1.31 bits per heavy atom. The van der Waals surface area contributed by atoms with Crippen molar-refractivity contribution in [1.82, 2.24) is 14.8 Å². The number of para-hydroxylation sites is 1. The van der Waals surface area contributed by atoms with Crippen LogP contribution in [0.25, 0.3) is 0 Å². The predicted octanol–water partition coefficient (Wildman–Crippen LogP) is 0.439. The number of hydrogen-bond acceptors (Lipinski definition) is 7. The van der Waals surface area contributed by atoms with E-state index in [1.54, 1.807) is 0 Å². The summed E-state index contributed by atoms with van der Waals surface area (Å²) in [6, 6.07) is 5.60. The highest BCUT2D eigenvalue weighted by atomic mass is 32.2. The topological polar surface area (TPSA) is 105 Å². The van der Waals surface area contributed by atoms with Gasteiger partial charge in [-0.1, -0.05) is 21.7 Å². The Bertz CT molecular complexity index is 581. The van der Waals surface area contributed by atoms with Crippen LogP contribution in [0.15, 0.2) is 29.2 Å². The minimum atomic E-state index is -3.85. The summed E-state index contributed by atoms with van der Waals surface area (Å²) in [5.41, 5.74) is 0. The normalized spacial score (nSPS) is 11.2. The molecule has 0 amide bonds. The average molecular weight is 258 g/mol. The molecule has 1 aromatic carbocycles. The Morgan fingerprint density at radius 3 is 2.69 bits per heavy atom. The third-order valence-electron chi connectivity index (χ3n) is 1.68. The average Bonchev–Trinajstić information content (AvgIpc) is 2.70. The van der Waals surface area contributed by atoms with Gasteiger partial charge in [-0.15, -0.1) is 0 Å². The zero-order valence-corrected chi connectivity index (χ0v) is 9.36. The maximum atomic E-state index is 11.8. The first-order valence-electron chi connectivity index (χ1n) is 4.05. The van der Waals surface area contributed by atoms with Crippen molar-refractivity contribution in [2.45, 2.75) is 4.90 Å². The van der Waals surface area contributed by atoms with Crippen molar-refractivity contribution in [3.8, 4) is 5.75 Å². The van der Waals surface area contributed by atoms with Gasteiger partial charge in [0.1, 0.15) is 10.6 Å². The maximum Gasteiger partial charge on any atom is 0.267 e. The maximum absolute atomic E-state index is 11.8. The van der Waals surface area contributed by atoms with Gasteiger partial charge >= 0.3 is 0 Å². The molecule has 84 valence electrons. The molecule has 0 fully saturated rings. The molecule has 0 radical (unpaired) electrons. The fraction of sp³-hybridized carbons (Fsp3) is 0. The Labute approximate surface area is 95.0 Å². The molecule has 1 aromatic heterocycles. The van der Waals surface area contributed by atoms with E-state index in [0.717, 1.165) is 11.5 Å². The molecule has 0 aliphatic heterocycles. The molecule has 0 saturated carbocycles. The van der Waals surface area contributed by atoms with Crippen LogP contribution in [0, 0.1) is 0 Å². The number of nitrogens with zero attached hydrogens (tertiary/aromatic N) is 3. The first-order chi connectivity index (χ1) is 7.59. The van der Waals surface area contributed by atoms with Gasteiger partial charge in [-0.25, -0.2) is 8.42 Å². The van der Waals surface area contributed by atoms with Crippen LogP contribution in [-0.4, -0.2) is 28.3 Å². The van der Waals surface area contributed by atoms with Crippen LogP contribution in [-0.2, 0) is 10.0 Å². The van der Waals surface area contributed by atoms with E-state index in [0.29, 0.717) is 0 Å². The van der Waals surface area contributed by atoms with E-state index in [9.17, 15) is 13.5 Å². The molecule has 0 aliphatic carbocycles.